The Labute approximate surface area is 102 Å². The summed E-state index contributed by atoms with van der Waals surface area (Å²) >= 11 is 5.21. The average molecular weight is 247 g/mol. The molecule has 0 fully saturated rings. The zero-order valence-corrected chi connectivity index (χ0v) is 11.6. The van der Waals surface area contributed by atoms with Crippen LogP contribution in [0.15, 0.2) is 34.8 Å². The summed E-state index contributed by atoms with van der Waals surface area (Å²) in [5, 5.41) is 0. The standard InChI is InChI=1S/C5H5.C4H9.C3H5Cl.Ti/c1-2-4-5-3-1;1-4(2)3;1-2-3-4;/h1-3H,4H2;1-3H3;2H,1,3H2;. The van der Waals surface area contributed by atoms with E-state index < -0.39 is 0 Å². The molecule has 1 rings (SSSR count). The second kappa shape index (κ2) is 7.51. The predicted octanol–water partition coefficient (Wildman–Crippen LogP) is 4.54. The van der Waals surface area contributed by atoms with Crippen molar-refractivity contribution >= 4 is 11.6 Å². The van der Waals surface area contributed by atoms with E-state index in [9.17, 15) is 0 Å². The molecule has 0 radical (unpaired) electrons. The molecule has 14 heavy (non-hydrogen) atoms. The Morgan fingerprint density at radius 1 is 1.57 bits per heavy atom. The van der Waals surface area contributed by atoms with E-state index >= 15 is 0 Å². The molecule has 0 bridgehead atoms. The third-order valence-electron chi connectivity index (χ3n) is 1.42. The van der Waals surface area contributed by atoms with Crippen LogP contribution in [0.3, 0.4) is 0 Å². The number of hydrogen-bond acceptors (Lipinski definition) is 0. The summed E-state index contributed by atoms with van der Waals surface area (Å²) < 4.78 is 2.28. The summed E-state index contributed by atoms with van der Waals surface area (Å²) in [5.41, 5.74) is 0. The first kappa shape index (κ1) is 14.2. The van der Waals surface area contributed by atoms with Crippen LogP contribution in [0.4, 0.5) is 0 Å². The molecule has 1 aliphatic carbocycles. The first-order chi connectivity index (χ1) is 6.49. The van der Waals surface area contributed by atoms with Crippen LogP contribution in [0.1, 0.15) is 27.2 Å². The average Bonchev–Trinajstić information content (AvgIpc) is 2.54. The quantitative estimate of drug-likeness (QED) is 0.381. The number of allylic oxidation sites excluding steroid dienone is 5. The topological polar surface area (TPSA) is 0 Å². The van der Waals surface area contributed by atoms with Gasteiger partial charge in [0.25, 0.3) is 0 Å². The molecule has 0 aromatic carbocycles. The molecular formula is C12H19ClTi. The number of hydrogen-bond donors (Lipinski definition) is 0. The van der Waals surface area contributed by atoms with Gasteiger partial charge in [0.15, 0.2) is 0 Å². The van der Waals surface area contributed by atoms with E-state index in [1.807, 2.05) is 0 Å². The van der Waals surface area contributed by atoms with E-state index in [1.165, 1.54) is 6.42 Å². The number of alkyl halides is 1. The molecule has 0 aromatic rings. The van der Waals surface area contributed by atoms with Crippen LogP contribution in [-0.4, -0.2) is 5.88 Å². The molecule has 0 spiro atoms. The normalized spacial score (nSPS) is 14.1. The van der Waals surface area contributed by atoms with E-state index in [2.05, 4.69) is 45.6 Å². The SMILES string of the molecule is C=CCCl.C[C](C)(C)[Ti][C]1=CC=CC1. The molecule has 78 valence electrons. The van der Waals surface area contributed by atoms with Crippen molar-refractivity contribution in [2.75, 3.05) is 5.88 Å². The first-order valence-corrected chi connectivity index (χ1v) is 6.90. The molecule has 2 heteroatoms. The summed E-state index contributed by atoms with van der Waals surface area (Å²) in [6, 6.07) is 0. The molecule has 0 heterocycles. The van der Waals surface area contributed by atoms with Crippen molar-refractivity contribution in [1.29, 1.82) is 0 Å². The molecule has 0 aliphatic heterocycles. The molecule has 0 aromatic heterocycles. The van der Waals surface area contributed by atoms with Crippen LogP contribution < -0.4 is 0 Å². The summed E-state index contributed by atoms with van der Waals surface area (Å²) in [6.45, 7) is 10.4. The molecule has 0 nitrogen and oxygen atoms in total. The first-order valence-electron chi connectivity index (χ1n) is 4.80. The minimum atomic E-state index is 0.146. The van der Waals surface area contributed by atoms with Gasteiger partial charge in [0.05, 0.1) is 0 Å². The Balaban J connectivity index is 0.000000364. The van der Waals surface area contributed by atoms with Gasteiger partial charge in [-0.2, -0.15) is 0 Å². The van der Waals surface area contributed by atoms with Crippen molar-refractivity contribution in [3.05, 3.63) is 34.8 Å². The molecule has 1 aliphatic rings. The van der Waals surface area contributed by atoms with Gasteiger partial charge in [0.2, 0.25) is 0 Å². The zero-order valence-electron chi connectivity index (χ0n) is 9.31. The van der Waals surface area contributed by atoms with Gasteiger partial charge in [0.1, 0.15) is 0 Å². The summed E-state index contributed by atoms with van der Waals surface area (Å²) in [7, 11) is 0. The van der Waals surface area contributed by atoms with Crippen molar-refractivity contribution in [3.63, 3.8) is 0 Å². The predicted molar refractivity (Wildman–Crippen MR) is 62.5 cm³/mol. The Morgan fingerprint density at radius 2 is 2.14 bits per heavy atom. The van der Waals surface area contributed by atoms with Crippen molar-refractivity contribution < 1.29 is 19.2 Å². The molecular weight excluding hydrogens is 227 g/mol. The van der Waals surface area contributed by atoms with Crippen molar-refractivity contribution in [2.24, 2.45) is 0 Å². The number of halogens is 1. The summed E-state index contributed by atoms with van der Waals surface area (Å²) in [5.74, 6) is 0.556. The van der Waals surface area contributed by atoms with Crippen molar-refractivity contribution in [3.8, 4) is 0 Å². The third kappa shape index (κ3) is 8.81. The summed E-state index contributed by atoms with van der Waals surface area (Å²) in [4.78, 5) is 0. The summed E-state index contributed by atoms with van der Waals surface area (Å²) in [6.07, 6.45) is 9.61. The maximum absolute atomic E-state index is 5.07. The zero-order chi connectivity index (χ0) is 11.0. The Morgan fingerprint density at radius 3 is 2.43 bits per heavy atom. The van der Waals surface area contributed by atoms with E-state index in [1.54, 1.807) is 9.95 Å². The molecule has 0 unspecified atom stereocenters. The molecule has 0 atom stereocenters. The fourth-order valence-corrected chi connectivity index (χ4v) is 3.15. The van der Waals surface area contributed by atoms with Gasteiger partial charge in [-0.05, 0) is 0 Å². The van der Waals surface area contributed by atoms with Crippen LogP contribution in [0, 0.1) is 0 Å². The fraction of sp³-hybridized carbons (Fsp3) is 0.500. The van der Waals surface area contributed by atoms with Gasteiger partial charge >= 0.3 is 72.2 Å². The van der Waals surface area contributed by atoms with Crippen LogP contribution in [0.25, 0.3) is 0 Å². The second-order valence-electron chi connectivity index (χ2n) is 4.14. The van der Waals surface area contributed by atoms with Crippen LogP contribution in [-0.2, 0) is 19.2 Å². The molecule has 0 saturated carbocycles. The Hall–Kier alpha value is 0.224. The van der Waals surface area contributed by atoms with Gasteiger partial charge in [0, 0.05) is 5.88 Å². The molecule has 0 amide bonds. The molecule has 0 N–H and O–H groups in total. The van der Waals surface area contributed by atoms with Crippen LogP contribution in [0.2, 0.25) is 3.72 Å². The van der Waals surface area contributed by atoms with Crippen LogP contribution >= 0.6 is 11.6 Å². The van der Waals surface area contributed by atoms with E-state index in [0.29, 0.717) is 9.60 Å². The van der Waals surface area contributed by atoms with E-state index in [-0.39, 0.29) is 19.2 Å². The molecule has 0 saturated heterocycles. The van der Waals surface area contributed by atoms with Crippen molar-refractivity contribution in [1.82, 2.24) is 0 Å². The minimum absolute atomic E-state index is 0.146. The van der Waals surface area contributed by atoms with Crippen LogP contribution in [0.5, 0.6) is 0 Å². The maximum atomic E-state index is 5.07. The Bertz CT molecular complexity index is 221. The van der Waals surface area contributed by atoms with Gasteiger partial charge in [-0.25, -0.2) is 0 Å². The second-order valence-corrected chi connectivity index (χ2v) is 8.19. The van der Waals surface area contributed by atoms with E-state index in [4.69, 9.17) is 11.6 Å². The van der Waals surface area contributed by atoms with Crippen molar-refractivity contribution in [2.45, 2.75) is 30.9 Å². The monoisotopic (exact) mass is 246 g/mol. The van der Waals surface area contributed by atoms with Gasteiger partial charge in [-0.1, -0.05) is 6.08 Å². The van der Waals surface area contributed by atoms with Gasteiger partial charge in [-0.15, -0.1) is 18.2 Å². The van der Waals surface area contributed by atoms with E-state index in [0.717, 1.165) is 0 Å². The number of rotatable bonds is 2. The van der Waals surface area contributed by atoms with Gasteiger partial charge < -0.3 is 0 Å². The third-order valence-corrected chi connectivity index (χ3v) is 3.89. The fourth-order valence-electron chi connectivity index (χ4n) is 1.02. The Kier molecular flexibility index (Phi) is 7.63. The van der Waals surface area contributed by atoms with Gasteiger partial charge in [-0.3, -0.25) is 0 Å².